The maximum Gasteiger partial charge on any atom is 0.186 e. The van der Waals surface area contributed by atoms with E-state index in [1.165, 1.54) is 0 Å². The normalized spacial score (nSPS) is 12.8. The molecule has 28 heavy (non-hydrogen) atoms. The fourth-order valence-corrected chi connectivity index (χ4v) is 2.88. The number of hydrogen-bond donors (Lipinski definition) is 2. The highest BCUT2D eigenvalue weighted by Crippen LogP contribution is 2.35. The summed E-state index contributed by atoms with van der Waals surface area (Å²) in [4.78, 5) is 0. The summed E-state index contributed by atoms with van der Waals surface area (Å²) < 4.78 is 13.2. The van der Waals surface area contributed by atoms with Crippen molar-refractivity contribution in [2.24, 2.45) is 5.10 Å². The molecular weight excluding hydrogens is 374 g/mol. The summed E-state index contributed by atoms with van der Waals surface area (Å²) in [5.74, 6) is 1.46. The number of rotatable bonds is 4. The average molecular weight is 393 g/mol. The van der Waals surface area contributed by atoms with Crippen molar-refractivity contribution in [1.82, 2.24) is 20.5 Å². The maximum atomic E-state index is 5.71. The van der Waals surface area contributed by atoms with Crippen molar-refractivity contribution in [1.29, 1.82) is 0 Å². The van der Waals surface area contributed by atoms with Gasteiger partial charge in [0.25, 0.3) is 0 Å². The predicted octanol–water partition coefficient (Wildman–Crippen LogP) is 2.74. The quantitative estimate of drug-likeness (QED) is 0.403. The number of para-hydroxylation sites is 1. The smallest absolute Gasteiger partial charge is 0.186 e. The van der Waals surface area contributed by atoms with Gasteiger partial charge in [-0.1, -0.05) is 18.2 Å². The summed E-state index contributed by atoms with van der Waals surface area (Å²) >= 11 is 5.06. The third kappa shape index (κ3) is 3.81. The van der Waals surface area contributed by atoms with Gasteiger partial charge in [0.05, 0.1) is 11.9 Å². The summed E-state index contributed by atoms with van der Waals surface area (Å²) in [7, 11) is 1.74. The first kappa shape index (κ1) is 18.0. The number of fused-ring (bicyclic) bond motifs is 1. The Balaban J connectivity index is 1.74. The fourth-order valence-electron chi connectivity index (χ4n) is 2.83. The number of thiocarbonyl (C=S) groups is 1. The molecule has 0 aliphatic carbocycles. The van der Waals surface area contributed by atoms with E-state index in [1.807, 2.05) is 59.4 Å². The average Bonchev–Trinajstić information content (AvgIpc) is 3.18. The van der Waals surface area contributed by atoms with Crippen LogP contribution in [0.1, 0.15) is 5.56 Å². The molecule has 2 N–H and O–H groups in total. The molecule has 0 spiro atoms. The van der Waals surface area contributed by atoms with E-state index in [9.17, 15) is 0 Å². The van der Waals surface area contributed by atoms with Crippen LogP contribution in [0.25, 0.3) is 16.9 Å². The summed E-state index contributed by atoms with van der Waals surface area (Å²) in [6.45, 7) is 1.10. The zero-order chi connectivity index (χ0) is 19.3. The van der Waals surface area contributed by atoms with Gasteiger partial charge in [-0.3, -0.25) is 5.43 Å². The van der Waals surface area contributed by atoms with E-state index in [1.54, 1.807) is 13.3 Å². The van der Waals surface area contributed by atoms with Crippen LogP contribution in [0.4, 0.5) is 0 Å². The van der Waals surface area contributed by atoms with Crippen molar-refractivity contribution in [2.75, 3.05) is 20.3 Å². The maximum absolute atomic E-state index is 5.71. The van der Waals surface area contributed by atoms with Crippen LogP contribution >= 0.6 is 12.2 Å². The molecule has 0 fully saturated rings. The Morgan fingerprint density at radius 3 is 2.71 bits per heavy atom. The number of aromatic nitrogens is 2. The summed E-state index contributed by atoms with van der Waals surface area (Å²) in [5, 5.41) is 12.2. The van der Waals surface area contributed by atoms with Crippen molar-refractivity contribution < 1.29 is 9.47 Å². The molecule has 1 aliphatic heterocycles. The van der Waals surface area contributed by atoms with E-state index in [0.29, 0.717) is 18.3 Å². The van der Waals surface area contributed by atoms with Crippen LogP contribution in [0.5, 0.6) is 11.5 Å². The first-order chi connectivity index (χ1) is 13.7. The van der Waals surface area contributed by atoms with Gasteiger partial charge in [0, 0.05) is 24.4 Å². The van der Waals surface area contributed by atoms with Crippen LogP contribution in [-0.4, -0.2) is 41.4 Å². The minimum absolute atomic E-state index is 0.438. The number of ether oxygens (including phenoxy) is 2. The van der Waals surface area contributed by atoms with Gasteiger partial charge < -0.3 is 14.8 Å². The molecule has 0 unspecified atom stereocenters. The molecule has 0 radical (unpaired) electrons. The molecule has 2 heterocycles. The fraction of sp³-hybridized carbons (Fsp3) is 0.150. The predicted molar refractivity (Wildman–Crippen MR) is 112 cm³/mol. The van der Waals surface area contributed by atoms with Gasteiger partial charge in [0.15, 0.2) is 16.6 Å². The Kier molecular flexibility index (Phi) is 5.20. The Labute approximate surface area is 168 Å². The third-order valence-electron chi connectivity index (χ3n) is 4.18. The van der Waals surface area contributed by atoms with Crippen LogP contribution in [0.3, 0.4) is 0 Å². The summed E-state index contributed by atoms with van der Waals surface area (Å²) in [6.07, 6.45) is 3.62. The lowest BCUT2D eigenvalue weighted by atomic mass is 10.1. The molecule has 0 amide bonds. The van der Waals surface area contributed by atoms with Gasteiger partial charge in [0.2, 0.25) is 0 Å². The minimum Gasteiger partial charge on any atom is -0.486 e. The molecule has 1 aliphatic rings. The molecular formula is C20H19N5O2S. The van der Waals surface area contributed by atoms with Crippen LogP contribution in [-0.2, 0) is 0 Å². The molecule has 4 rings (SSSR count). The third-order valence-corrected chi connectivity index (χ3v) is 4.47. The molecule has 142 valence electrons. The van der Waals surface area contributed by atoms with Gasteiger partial charge in [-0.05, 0) is 42.5 Å². The molecule has 0 atom stereocenters. The van der Waals surface area contributed by atoms with E-state index in [4.69, 9.17) is 26.8 Å². The molecule has 8 heteroatoms. The molecule has 3 aromatic rings. The van der Waals surface area contributed by atoms with Crippen LogP contribution in [0.15, 0.2) is 59.8 Å². The molecule has 7 nitrogen and oxygen atoms in total. The zero-order valence-corrected chi connectivity index (χ0v) is 16.1. The number of benzene rings is 2. The van der Waals surface area contributed by atoms with Gasteiger partial charge >= 0.3 is 0 Å². The van der Waals surface area contributed by atoms with E-state index in [0.717, 1.165) is 34.0 Å². The Hall–Kier alpha value is -3.39. The van der Waals surface area contributed by atoms with Gasteiger partial charge in [0.1, 0.15) is 18.9 Å². The van der Waals surface area contributed by atoms with Crippen molar-refractivity contribution >= 4 is 23.5 Å². The van der Waals surface area contributed by atoms with E-state index in [2.05, 4.69) is 15.8 Å². The van der Waals surface area contributed by atoms with Gasteiger partial charge in [-0.2, -0.15) is 10.2 Å². The van der Waals surface area contributed by atoms with Gasteiger partial charge in [-0.25, -0.2) is 4.68 Å². The van der Waals surface area contributed by atoms with Crippen molar-refractivity contribution in [3.8, 4) is 28.4 Å². The topological polar surface area (TPSA) is 72.7 Å². The van der Waals surface area contributed by atoms with E-state index < -0.39 is 0 Å². The largest absolute Gasteiger partial charge is 0.486 e. The lowest BCUT2D eigenvalue weighted by molar-refractivity contribution is 0.171. The van der Waals surface area contributed by atoms with Crippen LogP contribution < -0.4 is 20.2 Å². The second-order valence-electron chi connectivity index (χ2n) is 6.02. The number of hydrogen-bond acceptors (Lipinski definition) is 5. The SMILES string of the molecule is CNC(=S)N/N=C\c1cn(-c2ccccc2)nc1-c1ccc2c(c1)OCCO2. The highest BCUT2D eigenvalue weighted by atomic mass is 32.1. The molecule has 0 saturated heterocycles. The standard InChI is InChI=1S/C20H19N5O2S/c1-21-20(28)23-22-12-15-13-25(16-5-3-2-4-6-16)24-19(15)14-7-8-17-18(11-14)27-10-9-26-17/h2-8,11-13H,9-10H2,1H3,(H2,21,23,28)/b22-12-. The van der Waals surface area contributed by atoms with Crippen molar-refractivity contribution in [3.05, 3.63) is 60.3 Å². The first-order valence-electron chi connectivity index (χ1n) is 8.80. The Morgan fingerprint density at radius 2 is 1.93 bits per heavy atom. The second-order valence-corrected chi connectivity index (χ2v) is 6.43. The highest BCUT2D eigenvalue weighted by Gasteiger charge is 2.16. The van der Waals surface area contributed by atoms with E-state index >= 15 is 0 Å². The summed E-state index contributed by atoms with van der Waals surface area (Å²) in [6, 6.07) is 15.7. The van der Waals surface area contributed by atoms with Crippen molar-refractivity contribution in [3.63, 3.8) is 0 Å². The van der Waals surface area contributed by atoms with Crippen LogP contribution in [0, 0.1) is 0 Å². The molecule has 1 aromatic heterocycles. The van der Waals surface area contributed by atoms with Crippen LogP contribution in [0.2, 0.25) is 0 Å². The molecule has 2 aromatic carbocycles. The minimum atomic E-state index is 0.438. The second kappa shape index (κ2) is 8.10. The highest BCUT2D eigenvalue weighted by molar-refractivity contribution is 7.80. The zero-order valence-electron chi connectivity index (χ0n) is 15.3. The van der Waals surface area contributed by atoms with Gasteiger partial charge in [-0.15, -0.1) is 0 Å². The Morgan fingerprint density at radius 1 is 1.14 bits per heavy atom. The summed E-state index contributed by atoms with van der Waals surface area (Å²) in [5.41, 5.74) is 6.26. The molecule has 0 saturated carbocycles. The monoisotopic (exact) mass is 393 g/mol. The first-order valence-corrected chi connectivity index (χ1v) is 9.21. The molecule has 0 bridgehead atoms. The number of nitrogens with one attached hydrogen (secondary N) is 2. The number of hydrazone groups is 1. The Bertz CT molecular complexity index is 1020. The lowest BCUT2D eigenvalue weighted by Crippen LogP contribution is -2.28. The number of nitrogens with zero attached hydrogens (tertiary/aromatic N) is 3. The van der Waals surface area contributed by atoms with Crippen molar-refractivity contribution in [2.45, 2.75) is 0 Å². The van der Waals surface area contributed by atoms with E-state index in [-0.39, 0.29) is 0 Å². The lowest BCUT2D eigenvalue weighted by Gasteiger charge is -2.18.